The van der Waals surface area contributed by atoms with Crippen molar-refractivity contribution in [3.05, 3.63) is 60.4 Å². The van der Waals surface area contributed by atoms with Gasteiger partial charge in [-0.05, 0) is 36.4 Å². The SMILES string of the molecule is CC(=O)Oc1ccc(C2=COc3ccccc3O2)cc1. The summed E-state index contributed by atoms with van der Waals surface area (Å²) in [5.74, 6) is 2.13. The molecule has 0 aromatic heterocycles. The second-order valence-electron chi connectivity index (χ2n) is 4.27. The molecule has 0 unspecified atom stereocenters. The zero-order valence-electron chi connectivity index (χ0n) is 10.8. The average Bonchev–Trinajstić information content (AvgIpc) is 2.47. The number of hydrogen-bond acceptors (Lipinski definition) is 4. The highest BCUT2D eigenvalue weighted by Crippen LogP contribution is 2.35. The molecule has 100 valence electrons. The van der Waals surface area contributed by atoms with Gasteiger partial charge in [-0.15, -0.1) is 0 Å². The van der Waals surface area contributed by atoms with Gasteiger partial charge in [-0.25, -0.2) is 0 Å². The Kier molecular flexibility index (Phi) is 3.13. The quantitative estimate of drug-likeness (QED) is 0.618. The zero-order chi connectivity index (χ0) is 13.9. The van der Waals surface area contributed by atoms with Gasteiger partial charge in [-0.2, -0.15) is 0 Å². The lowest BCUT2D eigenvalue weighted by Gasteiger charge is -2.18. The molecule has 0 saturated carbocycles. The molecule has 0 aliphatic carbocycles. The third-order valence-corrected chi connectivity index (χ3v) is 2.76. The summed E-state index contributed by atoms with van der Waals surface area (Å²) < 4.78 is 16.3. The summed E-state index contributed by atoms with van der Waals surface area (Å²) in [6.07, 6.45) is 1.56. The van der Waals surface area contributed by atoms with Crippen molar-refractivity contribution in [1.29, 1.82) is 0 Å². The summed E-state index contributed by atoms with van der Waals surface area (Å²) in [5.41, 5.74) is 0.843. The van der Waals surface area contributed by atoms with Gasteiger partial charge in [0.15, 0.2) is 17.3 Å². The maximum Gasteiger partial charge on any atom is 0.308 e. The maximum atomic E-state index is 10.9. The number of ether oxygens (including phenoxy) is 3. The van der Waals surface area contributed by atoms with E-state index >= 15 is 0 Å². The molecule has 4 heteroatoms. The molecular weight excluding hydrogens is 256 g/mol. The topological polar surface area (TPSA) is 44.8 Å². The highest BCUT2D eigenvalue weighted by molar-refractivity contribution is 5.70. The Labute approximate surface area is 116 Å². The van der Waals surface area contributed by atoms with Crippen LogP contribution in [0, 0.1) is 0 Å². The minimum Gasteiger partial charge on any atom is -0.457 e. The summed E-state index contributed by atoms with van der Waals surface area (Å²) >= 11 is 0. The highest BCUT2D eigenvalue weighted by Gasteiger charge is 2.15. The fourth-order valence-corrected chi connectivity index (χ4v) is 1.87. The lowest BCUT2D eigenvalue weighted by Crippen LogP contribution is -2.04. The molecule has 4 nitrogen and oxygen atoms in total. The number of hydrogen-bond donors (Lipinski definition) is 0. The molecule has 0 bridgehead atoms. The molecule has 0 amide bonds. The molecule has 0 fully saturated rings. The van der Waals surface area contributed by atoms with Crippen LogP contribution in [0.1, 0.15) is 12.5 Å². The highest BCUT2D eigenvalue weighted by atomic mass is 16.6. The minimum atomic E-state index is -0.344. The van der Waals surface area contributed by atoms with Gasteiger partial charge >= 0.3 is 5.97 Å². The lowest BCUT2D eigenvalue weighted by atomic mass is 10.2. The Bertz CT molecular complexity index is 671. The number of carbonyl (C=O) groups is 1. The smallest absolute Gasteiger partial charge is 0.308 e. The van der Waals surface area contributed by atoms with Gasteiger partial charge in [0.25, 0.3) is 0 Å². The number of fused-ring (bicyclic) bond motifs is 1. The van der Waals surface area contributed by atoms with Crippen LogP contribution in [0.5, 0.6) is 17.2 Å². The number of para-hydroxylation sites is 2. The van der Waals surface area contributed by atoms with Crippen molar-refractivity contribution in [2.75, 3.05) is 0 Å². The Morgan fingerprint density at radius 1 is 1.00 bits per heavy atom. The molecule has 0 atom stereocenters. The van der Waals surface area contributed by atoms with E-state index in [0.29, 0.717) is 23.0 Å². The van der Waals surface area contributed by atoms with Crippen LogP contribution in [-0.2, 0) is 4.79 Å². The predicted molar refractivity (Wildman–Crippen MR) is 73.4 cm³/mol. The molecule has 20 heavy (non-hydrogen) atoms. The first-order chi connectivity index (χ1) is 9.72. The average molecular weight is 268 g/mol. The van der Waals surface area contributed by atoms with E-state index in [1.807, 2.05) is 24.3 Å². The molecule has 0 N–H and O–H groups in total. The van der Waals surface area contributed by atoms with Crippen molar-refractivity contribution in [3.8, 4) is 17.2 Å². The number of rotatable bonds is 2. The van der Waals surface area contributed by atoms with Crippen molar-refractivity contribution in [2.24, 2.45) is 0 Å². The predicted octanol–water partition coefficient (Wildman–Crippen LogP) is 3.38. The molecule has 1 heterocycles. The zero-order valence-corrected chi connectivity index (χ0v) is 10.8. The van der Waals surface area contributed by atoms with E-state index in [1.165, 1.54) is 6.92 Å². The molecule has 2 aromatic carbocycles. The van der Waals surface area contributed by atoms with E-state index in [4.69, 9.17) is 14.2 Å². The van der Waals surface area contributed by atoms with Crippen LogP contribution in [-0.4, -0.2) is 5.97 Å². The van der Waals surface area contributed by atoms with Crippen molar-refractivity contribution in [2.45, 2.75) is 6.92 Å². The van der Waals surface area contributed by atoms with Crippen molar-refractivity contribution in [3.63, 3.8) is 0 Å². The van der Waals surface area contributed by atoms with Crippen LogP contribution < -0.4 is 14.2 Å². The van der Waals surface area contributed by atoms with E-state index < -0.39 is 0 Å². The summed E-state index contributed by atoms with van der Waals surface area (Å²) in [7, 11) is 0. The second kappa shape index (κ2) is 5.09. The van der Waals surface area contributed by atoms with Crippen LogP contribution in [0.3, 0.4) is 0 Å². The first kappa shape index (κ1) is 12.3. The fourth-order valence-electron chi connectivity index (χ4n) is 1.87. The summed E-state index contributed by atoms with van der Waals surface area (Å²) in [6.45, 7) is 1.37. The monoisotopic (exact) mass is 268 g/mol. The molecule has 0 spiro atoms. The molecule has 0 radical (unpaired) electrons. The van der Waals surface area contributed by atoms with Crippen molar-refractivity contribution >= 4 is 11.7 Å². The van der Waals surface area contributed by atoms with Gasteiger partial charge in [0.1, 0.15) is 12.0 Å². The third-order valence-electron chi connectivity index (χ3n) is 2.76. The Morgan fingerprint density at radius 2 is 1.70 bits per heavy atom. The van der Waals surface area contributed by atoms with Crippen LogP contribution in [0.15, 0.2) is 54.8 Å². The largest absolute Gasteiger partial charge is 0.457 e. The van der Waals surface area contributed by atoms with Gasteiger partial charge in [-0.3, -0.25) is 4.79 Å². The summed E-state index contributed by atoms with van der Waals surface area (Å²) in [6, 6.07) is 14.5. The molecule has 1 aliphatic heterocycles. The van der Waals surface area contributed by atoms with Crippen LogP contribution >= 0.6 is 0 Å². The lowest BCUT2D eigenvalue weighted by molar-refractivity contribution is -0.131. The maximum absolute atomic E-state index is 10.9. The van der Waals surface area contributed by atoms with E-state index in [9.17, 15) is 4.79 Å². The van der Waals surface area contributed by atoms with E-state index in [0.717, 1.165) is 5.56 Å². The van der Waals surface area contributed by atoms with Gasteiger partial charge in [0.05, 0.1) is 0 Å². The van der Waals surface area contributed by atoms with Gasteiger partial charge in [0.2, 0.25) is 0 Å². The normalized spacial score (nSPS) is 12.6. The Hall–Kier alpha value is -2.75. The Balaban J connectivity index is 1.81. The van der Waals surface area contributed by atoms with E-state index in [2.05, 4.69) is 0 Å². The summed E-state index contributed by atoms with van der Waals surface area (Å²) in [4.78, 5) is 10.9. The van der Waals surface area contributed by atoms with E-state index in [-0.39, 0.29) is 5.97 Å². The summed E-state index contributed by atoms with van der Waals surface area (Å²) in [5, 5.41) is 0. The second-order valence-corrected chi connectivity index (χ2v) is 4.27. The van der Waals surface area contributed by atoms with Gasteiger partial charge < -0.3 is 14.2 Å². The molecule has 0 saturated heterocycles. The van der Waals surface area contributed by atoms with Crippen molar-refractivity contribution in [1.82, 2.24) is 0 Å². The molecule has 3 rings (SSSR count). The number of carbonyl (C=O) groups excluding carboxylic acids is 1. The minimum absolute atomic E-state index is 0.344. The van der Waals surface area contributed by atoms with Gasteiger partial charge in [-0.1, -0.05) is 12.1 Å². The standard InChI is InChI=1S/C16H12O4/c1-11(17)19-13-8-6-12(7-9-13)16-10-18-14-4-2-3-5-15(14)20-16/h2-10H,1H3. The first-order valence-corrected chi connectivity index (χ1v) is 6.15. The van der Waals surface area contributed by atoms with E-state index in [1.54, 1.807) is 30.5 Å². The first-order valence-electron chi connectivity index (χ1n) is 6.15. The third kappa shape index (κ3) is 2.49. The molecular formula is C16H12O4. The molecule has 1 aliphatic rings. The van der Waals surface area contributed by atoms with Crippen LogP contribution in [0.4, 0.5) is 0 Å². The van der Waals surface area contributed by atoms with Crippen LogP contribution in [0.2, 0.25) is 0 Å². The molecule has 2 aromatic rings. The fraction of sp³-hybridized carbons (Fsp3) is 0.0625. The Morgan fingerprint density at radius 3 is 2.40 bits per heavy atom. The van der Waals surface area contributed by atoms with Crippen LogP contribution in [0.25, 0.3) is 5.76 Å². The number of benzene rings is 2. The number of esters is 1. The van der Waals surface area contributed by atoms with Gasteiger partial charge in [0, 0.05) is 12.5 Å². The van der Waals surface area contributed by atoms with Crippen molar-refractivity contribution < 1.29 is 19.0 Å².